The Morgan fingerprint density at radius 2 is 2.29 bits per heavy atom. The van der Waals surface area contributed by atoms with Crippen LogP contribution < -0.4 is 0 Å². The van der Waals surface area contributed by atoms with E-state index in [1.807, 2.05) is 18.2 Å². The standard InChI is InChI=1S/C11H10BrClO/c1-8(14)10-5-4-9(3-2-6-12)7-11(10)13/h2-5,7H,6H2,1H3. The first-order chi connectivity index (χ1) is 6.65. The van der Waals surface area contributed by atoms with Crippen LogP contribution in [0.5, 0.6) is 0 Å². The van der Waals surface area contributed by atoms with Gasteiger partial charge in [0.2, 0.25) is 0 Å². The van der Waals surface area contributed by atoms with Gasteiger partial charge in [0, 0.05) is 10.9 Å². The van der Waals surface area contributed by atoms with Crippen molar-refractivity contribution < 1.29 is 4.79 Å². The first-order valence-corrected chi connectivity index (χ1v) is 5.68. The van der Waals surface area contributed by atoms with E-state index in [4.69, 9.17) is 11.6 Å². The second-order valence-electron chi connectivity index (χ2n) is 2.85. The molecule has 0 unspecified atom stereocenters. The van der Waals surface area contributed by atoms with Crippen LogP contribution in [0.2, 0.25) is 5.02 Å². The molecule has 1 nitrogen and oxygen atoms in total. The maximum absolute atomic E-state index is 11.1. The molecule has 0 aliphatic heterocycles. The number of Topliss-reactive ketones (excluding diaryl/α,β-unsaturated/α-hetero) is 1. The summed E-state index contributed by atoms with van der Waals surface area (Å²) in [5.41, 5.74) is 1.57. The SMILES string of the molecule is CC(=O)c1ccc(C=CCBr)cc1Cl. The molecule has 1 rings (SSSR count). The summed E-state index contributed by atoms with van der Waals surface area (Å²) in [5, 5.41) is 1.31. The van der Waals surface area contributed by atoms with Crippen molar-refractivity contribution in [3.63, 3.8) is 0 Å². The number of carbonyl (C=O) groups excluding carboxylic acids is 1. The highest BCUT2D eigenvalue weighted by atomic mass is 79.9. The third-order valence-corrected chi connectivity index (χ3v) is 2.46. The van der Waals surface area contributed by atoms with Gasteiger partial charge in [-0.25, -0.2) is 0 Å². The first-order valence-electron chi connectivity index (χ1n) is 4.18. The quantitative estimate of drug-likeness (QED) is 0.602. The largest absolute Gasteiger partial charge is 0.294 e. The third-order valence-electron chi connectivity index (χ3n) is 1.77. The molecule has 0 bridgehead atoms. The summed E-state index contributed by atoms with van der Waals surface area (Å²) in [4.78, 5) is 11.1. The number of allylic oxidation sites excluding steroid dienone is 1. The van der Waals surface area contributed by atoms with E-state index in [0.29, 0.717) is 10.6 Å². The first kappa shape index (κ1) is 11.5. The monoisotopic (exact) mass is 272 g/mol. The normalized spacial score (nSPS) is 10.8. The molecular weight excluding hydrogens is 263 g/mol. The smallest absolute Gasteiger partial charge is 0.161 e. The molecule has 0 fully saturated rings. The Morgan fingerprint density at radius 1 is 1.57 bits per heavy atom. The molecular formula is C11H10BrClO. The van der Waals surface area contributed by atoms with Gasteiger partial charge in [0.05, 0.1) is 5.02 Å². The van der Waals surface area contributed by atoms with E-state index in [9.17, 15) is 4.79 Å². The van der Waals surface area contributed by atoms with E-state index in [1.165, 1.54) is 6.92 Å². The lowest BCUT2D eigenvalue weighted by Gasteiger charge is -2.00. The molecule has 0 N–H and O–H groups in total. The molecule has 14 heavy (non-hydrogen) atoms. The van der Waals surface area contributed by atoms with Gasteiger partial charge in [0.1, 0.15) is 0 Å². The van der Waals surface area contributed by atoms with Crippen molar-refractivity contribution in [2.45, 2.75) is 6.92 Å². The highest BCUT2D eigenvalue weighted by molar-refractivity contribution is 9.09. The average molecular weight is 274 g/mol. The molecule has 3 heteroatoms. The zero-order valence-corrected chi connectivity index (χ0v) is 10.1. The predicted octanol–water partition coefficient (Wildman–Crippen LogP) is 3.95. The molecule has 0 heterocycles. The third kappa shape index (κ3) is 2.96. The summed E-state index contributed by atoms with van der Waals surface area (Å²) < 4.78 is 0. The summed E-state index contributed by atoms with van der Waals surface area (Å²) in [6.07, 6.45) is 3.92. The molecule has 0 radical (unpaired) electrons. The summed E-state index contributed by atoms with van der Waals surface area (Å²) in [6.45, 7) is 1.51. The number of ketones is 1. The Morgan fingerprint density at radius 3 is 2.79 bits per heavy atom. The zero-order valence-electron chi connectivity index (χ0n) is 7.76. The van der Waals surface area contributed by atoms with Gasteiger partial charge in [0.15, 0.2) is 5.78 Å². The number of benzene rings is 1. The van der Waals surface area contributed by atoms with Gasteiger partial charge in [-0.05, 0) is 24.6 Å². The highest BCUT2D eigenvalue weighted by Gasteiger charge is 2.04. The number of carbonyl (C=O) groups is 1. The van der Waals surface area contributed by atoms with Crippen LogP contribution in [0.15, 0.2) is 24.3 Å². The minimum Gasteiger partial charge on any atom is -0.294 e. The van der Waals surface area contributed by atoms with Crippen LogP contribution in [-0.2, 0) is 0 Å². The molecule has 0 atom stereocenters. The van der Waals surface area contributed by atoms with Crippen LogP contribution in [0.3, 0.4) is 0 Å². The molecule has 74 valence electrons. The zero-order chi connectivity index (χ0) is 10.6. The van der Waals surface area contributed by atoms with Gasteiger partial charge >= 0.3 is 0 Å². The van der Waals surface area contributed by atoms with Gasteiger partial charge < -0.3 is 0 Å². The highest BCUT2D eigenvalue weighted by Crippen LogP contribution is 2.19. The van der Waals surface area contributed by atoms with Crippen LogP contribution in [0.1, 0.15) is 22.8 Å². The maximum atomic E-state index is 11.1. The van der Waals surface area contributed by atoms with Crippen LogP contribution >= 0.6 is 27.5 Å². The maximum Gasteiger partial charge on any atom is 0.161 e. The molecule has 0 saturated heterocycles. The summed E-state index contributed by atoms with van der Waals surface area (Å²) >= 11 is 9.23. The van der Waals surface area contributed by atoms with E-state index >= 15 is 0 Å². The number of hydrogen-bond donors (Lipinski definition) is 0. The van der Waals surface area contributed by atoms with Crippen molar-refractivity contribution in [1.82, 2.24) is 0 Å². The van der Waals surface area contributed by atoms with Gasteiger partial charge in [0.25, 0.3) is 0 Å². The fourth-order valence-electron chi connectivity index (χ4n) is 1.10. The van der Waals surface area contributed by atoms with Crippen molar-refractivity contribution in [3.05, 3.63) is 40.4 Å². The predicted molar refractivity (Wildman–Crippen MR) is 64.3 cm³/mol. The van der Waals surface area contributed by atoms with Gasteiger partial charge in [-0.3, -0.25) is 4.79 Å². The summed E-state index contributed by atoms with van der Waals surface area (Å²) in [5.74, 6) is -0.00831. The molecule has 1 aromatic carbocycles. The second kappa shape index (κ2) is 5.32. The Balaban J connectivity index is 3.00. The Kier molecular flexibility index (Phi) is 4.36. The molecule has 1 aromatic rings. The number of hydrogen-bond acceptors (Lipinski definition) is 1. The minimum atomic E-state index is -0.00831. The van der Waals surface area contributed by atoms with E-state index in [1.54, 1.807) is 12.1 Å². The van der Waals surface area contributed by atoms with Crippen molar-refractivity contribution >= 4 is 39.4 Å². The number of alkyl halides is 1. The van der Waals surface area contributed by atoms with Gasteiger partial charge in [-0.15, -0.1) is 0 Å². The van der Waals surface area contributed by atoms with Crippen molar-refractivity contribution in [3.8, 4) is 0 Å². The van der Waals surface area contributed by atoms with Gasteiger partial charge in [-0.1, -0.05) is 45.7 Å². The molecule has 0 aromatic heterocycles. The molecule has 0 aliphatic carbocycles. The number of halogens is 2. The van der Waals surface area contributed by atoms with Gasteiger partial charge in [-0.2, -0.15) is 0 Å². The molecule has 0 spiro atoms. The van der Waals surface area contributed by atoms with E-state index < -0.39 is 0 Å². The lowest BCUT2D eigenvalue weighted by molar-refractivity contribution is 0.101. The molecule has 0 saturated carbocycles. The lowest BCUT2D eigenvalue weighted by Crippen LogP contribution is -1.92. The van der Waals surface area contributed by atoms with Crippen LogP contribution in [0.25, 0.3) is 6.08 Å². The van der Waals surface area contributed by atoms with Crippen LogP contribution in [0.4, 0.5) is 0 Å². The fraction of sp³-hybridized carbons (Fsp3) is 0.182. The topological polar surface area (TPSA) is 17.1 Å². The van der Waals surface area contributed by atoms with E-state index in [-0.39, 0.29) is 5.78 Å². The fourth-order valence-corrected chi connectivity index (χ4v) is 1.61. The van der Waals surface area contributed by atoms with Crippen molar-refractivity contribution in [2.24, 2.45) is 0 Å². The second-order valence-corrected chi connectivity index (χ2v) is 3.91. The summed E-state index contributed by atoms with van der Waals surface area (Å²) in [7, 11) is 0. The Hall–Kier alpha value is -0.600. The molecule has 0 amide bonds. The molecule has 0 aliphatic rings. The van der Waals surface area contributed by atoms with Crippen molar-refractivity contribution in [1.29, 1.82) is 0 Å². The van der Waals surface area contributed by atoms with Crippen LogP contribution in [-0.4, -0.2) is 11.1 Å². The average Bonchev–Trinajstić information content (AvgIpc) is 2.14. The lowest BCUT2D eigenvalue weighted by atomic mass is 10.1. The van der Waals surface area contributed by atoms with Crippen molar-refractivity contribution in [2.75, 3.05) is 5.33 Å². The number of rotatable bonds is 3. The van der Waals surface area contributed by atoms with Crippen LogP contribution in [0, 0.1) is 0 Å². The minimum absolute atomic E-state index is 0.00831. The summed E-state index contributed by atoms with van der Waals surface area (Å²) in [6, 6.07) is 5.41. The van der Waals surface area contributed by atoms with E-state index in [0.717, 1.165) is 10.9 Å². The van der Waals surface area contributed by atoms with E-state index in [2.05, 4.69) is 15.9 Å². The Bertz CT molecular complexity index is 372. The Labute approximate surface area is 96.9 Å².